The van der Waals surface area contributed by atoms with Crippen LogP contribution in [0.15, 0.2) is 22.7 Å². The van der Waals surface area contributed by atoms with Crippen molar-refractivity contribution < 1.29 is 4.74 Å². The first-order valence-corrected chi connectivity index (χ1v) is 5.59. The van der Waals surface area contributed by atoms with Crippen molar-refractivity contribution in [2.75, 3.05) is 13.7 Å². The molecule has 2 nitrogen and oxygen atoms in total. The Morgan fingerprint density at radius 2 is 2.14 bits per heavy atom. The van der Waals surface area contributed by atoms with Crippen LogP contribution in [0.3, 0.4) is 0 Å². The summed E-state index contributed by atoms with van der Waals surface area (Å²) in [6.45, 7) is 0.775. The van der Waals surface area contributed by atoms with Crippen LogP contribution in [0.2, 0.25) is 0 Å². The average molecular weight is 258 g/mol. The molecule has 0 fully saturated rings. The van der Waals surface area contributed by atoms with E-state index in [1.807, 2.05) is 6.07 Å². The molecule has 0 saturated carbocycles. The summed E-state index contributed by atoms with van der Waals surface area (Å²) >= 11 is 3.47. The highest BCUT2D eigenvalue weighted by Crippen LogP contribution is 2.25. The first-order chi connectivity index (χ1) is 6.77. The fourth-order valence-electron chi connectivity index (χ4n) is 1.34. The van der Waals surface area contributed by atoms with Crippen LogP contribution in [0.25, 0.3) is 0 Å². The number of aryl methyl sites for hydroxylation is 1. The molecule has 0 saturated heterocycles. The molecule has 0 aliphatic rings. The molecular weight excluding hydrogens is 242 g/mol. The lowest BCUT2D eigenvalue weighted by atomic mass is 10.1. The molecule has 0 bridgehead atoms. The SMILES string of the molecule is COc1ccc(CCCCN)cc1Br. The molecule has 3 heteroatoms. The van der Waals surface area contributed by atoms with Crippen molar-refractivity contribution in [1.82, 2.24) is 0 Å². The first kappa shape index (κ1) is 11.5. The van der Waals surface area contributed by atoms with Crippen molar-refractivity contribution in [2.45, 2.75) is 19.3 Å². The second kappa shape index (κ2) is 6.04. The molecule has 1 aromatic rings. The van der Waals surface area contributed by atoms with Gasteiger partial charge in [0.15, 0.2) is 0 Å². The van der Waals surface area contributed by atoms with Gasteiger partial charge in [0.25, 0.3) is 0 Å². The van der Waals surface area contributed by atoms with Crippen LogP contribution in [0.1, 0.15) is 18.4 Å². The van der Waals surface area contributed by atoms with Crippen LogP contribution in [-0.2, 0) is 6.42 Å². The van der Waals surface area contributed by atoms with Crippen molar-refractivity contribution in [2.24, 2.45) is 5.73 Å². The second-order valence-electron chi connectivity index (χ2n) is 3.21. The Balaban J connectivity index is 2.57. The van der Waals surface area contributed by atoms with E-state index >= 15 is 0 Å². The predicted octanol–water partition coefficient (Wildman–Crippen LogP) is 2.74. The smallest absolute Gasteiger partial charge is 0.133 e. The molecule has 0 radical (unpaired) electrons. The summed E-state index contributed by atoms with van der Waals surface area (Å²) in [4.78, 5) is 0. The maximum atomic E-state index is 5.44. The third-order valence-electron chi connectivity index (χ3n) is 2.14. The van der Waals surface area contributed by atoms with Gasteiger partial charge in [-0.25, -0.2) is 0 Å². The van der Waals surface area contributed by atoms with Gasteiger partial charge in [-0.05, 0) is 59.4 Å². The van der Waals surface area contributed by atoms with E-state index in [0.29, 0.717) is 0 Å². The first-order valence-electron chi connectivity index (χ1n) is 4.80. The summed E-state index contributed by atoms with van der Waals surface area (Å²) < 4.78 is 6.18. The number of unbranched alkanes of at least 4 members (excludes halogenated alkanes) is 1. The third kappa shape index (κ3) is 3.31. The number of halogens is 1. The van der Waals surface area contributed by atoms with Gasteiger partial charge in [0.05, 0.1) is 11.6 Å². The van der Waals surface area contributed by atoms with Gasteiger partial charge in [0, 0.05) is 0 Å². The summed E-state index contributed by atoms with van der Waals surface area (Å²) in [5, 5.41) is 0. The Morgan fingerprint density at radius 3 is 2.71 bits per heavy atom. The number of ether oxygens (including phenoxy) is 1. The molecule has 0 spiro atoms. The van der Waals surface area contributed by atoms with E-state index in [4.69, 9.17) is 10.5 Å². The highest BCUT2D eigenvalue weighted by molar-refractivity contribution is 9.10. The van der Waals surface area contributed by atoms with Gasteiger partial charge in [0.1, 0.15) is 5.75 Å². The second-order valence-corrected chi connectivity index (χ2v) is 4.07. The van der Waals surface area contributed by atoms with Crippen LogP contribution in [0.5, 0.6) is 5.75 Å². The fraction of sp³-hybridized carbons (Fsp3) is 0.455. The molecular formula is C11H16BrNO. The zero-order valence-corrected chi connectivity index (χ0v) is 10.0. The standard InChI is InChI=1S/C11H16BrNO/c1-14-11-6-5-9(8-10(11)12)4-2-3-7-13/h5-6,8H,2-4,7,13H2,1H3. The molecule has 2 N–H and O–H groups in total. The van der Waals surface area contributed by atoms with Crippen molar-refractivity contribution in [3.8, 4) is 5.75 Å². The fourth-order valence-corrected chi connectivity index (χ4v) is 1.93. The van der Waals surface area contributed by atoms with Gasteiger partial charge in [0.2, 0.25) is 0 Å². The molecule has 1 aromatic carbocycles. The molecule has 0 aliphatic heterocycles. The molecule has 0 amide bonds. The number of methoxy groups -OCH3 is 1. The third-order valence-corrected chi connectivity index (χ3v) is 2.76. The van der Waals surface area contributed by atoms with E-state index in [9.17, 15) is 0 Å². The van der Waals surface area contributed by atoms with Crippen LogP contribution < -0.4 is 10.5 Å². The molecule has 1 rings (SSSR count). The largest absolute Gasteiger partial charge is 0.496 e. The van der Waals surface area contributed by atoms with E-state index in [1.165, 1.54) is 5.56 Å². The number of benzene rings is 1. The Hall–Kier alpha value is -0.540. The molecule has 0 unspecified atom stereocenters. The normalized spacial score (nSPS) is 10.2. The molecule has 0 heterocycles. The number of nitrogens with two attached hydrogens (primary N) is 1. The Morgan fingerprint density at radius 1 is 1.36 bits per heavy atom. The minimum atomic E-state index is 0.775. The summed E-state index contributed by atoms with van der Waals surface area (Å²) in [5.41, 5.74) is 6.76. The lowest BCUT2D eigenvalue weighted by molar-refractivity contribution is 0.412. The minimum Gasteiger partial charge on any atom is -0.496 e. The van der Waals surface area contributed by atoms with E-state index < -0.39 is 0 Å². The van der Waals surface area contributed by atoms with Crippen molar-refractivity contribution >= 4 is 15.9 Å². The molecule has 0 aliphatic carbocycles. The maximum absolute atomic E-state index is 5.44. The van der Waals surface area contributed by atoms with Gasteiger partial charge >= 0.3 is 0 Å². The highest BCUT2D eigenvalue weighted by Gasteiger charge is 2.00. The number of hydrogen-bond donors (Lipinski definition) is 1. The lowest BCUT2D eigenvalue weighted by Crippen LogP contribution is -1.99. The van der Waals surface area contributed by atoms with Crippen LogP contribution in [-0.4, -0.2) is 13.7 Å². The molecule has 0 atom stereocenters. The monoisotopic (exact) mass is 257 g/mol. The minimum absolute atomic E-state index is 0.775. The van der Waals surface area contributed by atoms with Crippen LogP contribution >= 0.6 is 15.9 Å². The summed E-state index contributed by atoms with van der Waals surface area (Å²) in [6, 6.07) is 6.19. The summed E-state index contributed by atoms with van der Waals surface area (Å²) in [6.07, 6.45) is 3.32. The van der Waals surface area contributed by atoms with Gasteiger partial charge < -0.3 is 10.5 Å². The Bertz CT molecular complexity index is 289. The zero-order chi connectivity index (χ0) is 10.4. The van der Waals surface area contributed by atoms with E-state index in [-0.39, 0.29) is 0 Å². The van der Waals surface area contributed by atoms with Crippen molar-refractivity contribution in [1.29, 1.82) is 0 Å². The van der Waals surface area contributed by atoms with Crippen LogP contribution in [0.4, 0.5) is 0 Å². The lowest BCUT2D eigenvalue weighted by Gasteiger charge is -2.05. The average Bonchev–Trinajstić information content (AvgIpc) is 2.18. The quantitative estimate of drug-likeness (QED) is 0.824. The van der Waals surface area contributed by atoms with E-state index in [0.717, 1.165) is 36.0 Å². The molecule has 0 aromatic heterocycles. The Labute approximate surface area is 93.6 Å². The maximum Gasteiger partial charge on any atom is 0.133 e. The van der Waals surface area contributed by atoms with Gasteiger partial charge in [-0.15, -0.1) is 0 Å². The van der Waals surface area contributed by atoms with Crippen molar-refractivity contribution in [3.63, 3.8) is 0 Å². The van der Waals surface area contributed by atoms with Gasteiger partial charge in [-0.2, -0.15) is 0 Å². The number of rotatable bonds is 5. The molecule has 78 valence electrons. The summed E-state index contributed by atoms with van der Waals surface area (Å²) in [7, 11) is 1.67. The zero-order valence-electron chi connectivity index (χ0n) is 8.42. The van der Waals surface area contributed by atoms with Crippen LogP contribution in [0, 0.1) is 0 Å². The highest BCUT2D eigenvalue weighted by atomic mass is 79.9. The van der Waals surface area contributed by atoms with Gasteiger partial charge in [-0.3, -0.25) is 0 Å². The van der Waals surface area contributed by atoms with Crippen molar-refractivity contribution in [3.05, 3.63) is 28.2 Å². The topological polar surface area (TPSA) is 35.2 Å². The summed E-state index contributed by atoms with van der Waals surface area (Å²) in [5.74, 6) is 0.882. The van der Waals surface area contributed by atoms with Gasteiger partial charge in [-0.1, -0.05) is 6.07 Å². The Kier molecular flexibility index (Phi) is 4.98. The van der Waals surface area contributed by atoms with E-state index in [1.54, 1.807) is 7.11 Å². The number of hydrogen-bond acceptors (Lipinski definition) is 2. The van der Waals surface area contributed by atoms with E-state index in [2.05, 4.69) is 28.1 Å². The predicted molar refractivity (Wildman–Crippen MR) is 62.7 cm³/mol. The molecule has 14 heavy (non-hydrogen) atoms.